The Morgan fingerprint density at radius 2 is 2.26 bits per heavy atom. The molecule has 1 aliphatic rings. The second kappa shape index (κ2) is 5.70. The largest absolute Gasteiger partial charge is 0.341 e. The minimum absolute atomic E-state index is 0.0716. The Morgan fingerprint density at radius 3 is 3.00 bits per heavy atom. The summed E-state index contributed by atoms with van der Waals surface area (Å²) in [5, 5.41) is 3.34. The van der Waals surface area contributed by atoms with Crippen LogP contribution in [0, 0.1) is 11.2 Å². The zero-order valence-electron chi connectivity index (χ0n) is 11.6. The summed E-state index contributed by atoms with van der Waals surface area (Å²) >= 11 is 0. The molecule has 104 valence electrons. The molecule has 1 N–H and O–H groups in total. The van der Waals surface area contributed by atoms with E-state index in [9.17, 15) is 9.18 Å². The highest BCUT2D eigenvalue weighted by atomic mass is 19.1. The Labute approximate surface area is 113 Å². The molecule has 0 saturated carbocycles. The Morgan fingerprint density at radius 1 is 1.47 bits per heavy atom. The van der Waals surface area contributed by atoms with Crippen molar-refractivity contribution in [3.8, 4) is 0 Å². The number of rotatable bonds is 2. The van der Waals surface area contributed by atoms with E-state index in [0.717, 1.165) is 31.7 Å². The molecule has 2 rings (SSSR count). The van der Waals surface area contributed by atoms with Gasteiger partial charge in [0.25, 0.3) is 0 Å². The first-order chi connectivity index (χ1) is 8.96. The van der Waals surface area contributed by atoms with Gasteiger partial charge in [-0.2, -0.15) is 0 Å². The fraction of sp³-hybridized carbons (Fsp3) is 0.533. The summed E-state index contributed by atoms with van der Waals surface area (Å²) in [7, 11) is 0. The van der Waals surface area contributed by atoms with E-state index in [-0.39, 0.29) is 23.6 Å². The summed E-state index contributed by atoms with van der Waals surface area (Å²) < 4.78 is 13.1. The minimum atomic E-state index is -0.289. The van der Waals surface area contributed by atoms with Crippen molar-refractivity contribution in [2.75, 3.05) is 26.2 Å². The van der Waals surface area contributed by atoms with Crippen LogP contribution < -0.4 is 5.32 Å². The molecule has 1 heterocycles. The molecule has 0 aliphatic carbocycles. The van der Waals surface area contributed by atoms with E-state index in [1.807, 2.05) is 4.90 Å². The zero-order valence-corrected chi connectivity index (χ0v) is 11.6. The van der Waals surface area contributed by atoms with Gasteiger partial charge in [0.15, 0.2) is 0 Å². The molecule has 1 saturated heterocycles. The third-order valence-corrected chi connectivity index (χ3v) is 3.38. The van der Waals surface area contributed by atoms with Crippen molar-refractivity contribution < 1.29 is 9.18 Å². The normalized spacial score (nSPS) is 19.0. The highest BCUT2D eigenvalue weighted by molar-refractivity contribution is 5.78. The van der Waals surface area contributed by atoms with E-state index >= 15 is 0 Å². The van der Waals surface area contributed by atoms with E-state index in [0.29, 0.717) is 0 Å². The lowest BCUT2D eigenvalue weighted by atomic mass is 9.93. The van der Waals surface area contributed by atoms with Crippen molar-refractivity contribution in [2.45, 2.75) is 20.3 Å². The average molecular weight is 264 g/mol. The smallest absolute Gasteiger partial charge is 0.227 e. The molecule has 1 aromatic rings. The molecule has 0 bridgehead atoms. The van der Waals surface area contributed by atoms with Gasteiger partial charge in [0.05, 0.1) is 6.42 Å². The number of nitrogens with zero attached hydrogens (tertiary/aromatic N) is 1. The van der Waals surface area contributed by atoms with E-state index in [1.165, 1.54) is 12.1 Å². The fourth-order valence-corrected chi connectivity index (χ4v) is 2.44. The van der Waals surface area contributed by atoms with Crippen LogP contribution in [0.4, 0.5) is 4.39 Å². The second-order valence-electron chi connectivity index (χ2n) is 5.96. The van der Waals surface area contributed by atoms with Gasteiger partial charge in [-0.3, -0.25) is 4.79 Å². The van der Waals surface area contributed by atoms with Gasteiger partial charge in [0.2, 0.25) is 5.91 Å². The Bertz CT molecular complexity index is 459. The van der Waals surface area contributed by atoms with Crippen molar-refractivity contribution >= 4 is 5.91 Å². The predicted octanol–water partition coefficient (Wildman–Crippen LogP) is 1.83. The average Bonchev–Trinajstić information content (AvgIpc) is 2.50. The molecule has 0 unspecified atom stereocenters. The molecular weight excluding hydrogens is 243 g/mol. The van der Waals surface area contributed by atoms with Crippen molar-refractivity contribution in [3.63, 3.8) is 0 Å². The van der Waals surface area contributed by atoms with Crippen LogP contribution in [0.2, 0.25) is 0 Å². The van der Waals surface area contributed by atoms with Crippen molar-refractivity contribution in [1.82, 2.24) is 10.2 Å². The van der Waals surface area contributed by atoms with Crippen molar-refractivity contribution in [2.24, 2.45) is 5.41 Å². The molecule has 3 nitrogen and oxygen atoms in total. The molecule has 0 atom stereocenters. The number of benzene rings is 1. The van der Waals surface area contributed by atoms with Gasteiger partial charge < -0.3 is 10.2 Å². The third kappa shape index (κ3) is 4.03. The minimum Gasteiger partial charge on any atom is -0.341 e. The van der Waals surface area contributed by atoms with E-state index in [2.05, 4.69) is 19.2 Å². The number of hydrogen-bond donors (Lipinski definition) is 1. The summed E-state index contributed by atoms with van der Waals surface area (Å²) in [6.45, 7) is 7.49. The third-order valence-electron chi connectivity index (χ3n) is 3.38. The van der Waals surface area contributed by atoms with Gasteiger partial charge in [-0.25, -0.2) is 4.39 Å². The summed E-state index contributed by atoms with van der Waals surface area (Å²) in [5.74, 6) is -0.217. The van der Waals surface area contributed by atoms with Gasteiger partial charge in [-0.05, 0) is 23.1 Å². The maximum atomic E-state index is 13.1. The van der Waals surface area contributed by atoms with Crippen LogP contribution in [0.25, 0.3) is 0 Å². The molecule has 19 heavy (non-hydrogen) atoms. The van der Waals surface area contributed by atoms with Gasteiger partial charge in [-0.1, -0.05) is 26.0 Å². The van der Waals surface area contributed by atoms with Crippen LogP contribution in [0.5, 0.6) is 0 Å². The summed E-state index contributed by atoms with van der Waals surface area (Å²) in [6, 6.07) is 6.26. The fourth-order valence-electron chi connectivity index (χ4n) is 2.44. The number of halogens is 1. The Kier molecular flexibility index (Phi) is 4.20. The van der Waals surface area contributed by atoms with E-state index in [1.54, 1.807) is 12.1 Å². The molecule has 1 fully saturated rings. The molecule has 1 aliphatic heterocycles. The standard InChI is InChI=1S/C15H21FN2O/c1-15(2)10-17-6-7-18(11-15)14(19)9-12-4-3-5-13(16)8-12/h3-5,8,17H,6-7,9-11H2,1-2H3. The molecule has 0 radical (unpaired) electrons. The van der Waals surface area contributed by atoms with Crippen LogP contribution in [0.3, 0.4) is 0 Å². The highest BCUT2D eigenvalue weighted by Gasteiger charge is 2.27. The van der Waals surface area contributed by atoms with Crippen LogP contribution in [-0.2, 0) is 11.2 Å². The number of hydrogen-bond acceptors (Lipinski definition) is 2. The lowest BCUT2D eigenvalue weighted by Gasteiger charge is -2.29. The SMILES string of the molecule is CC1(C)CNCCN(C(=O)Cc2cccc(F)c2)C1. The van der Waals surface area contributed by atoms with Crippen LogP contribution in [0.15, 0.2) is 24.3 Å². The number of amides is 1. The lowest BCUT2D eigenvalue weighted by molar-refractivity contribution is -0.131. The van der Waals surface area contributed by atoms with Gasteiger partial charge >= 0.3 is 0 Å². The first kappa shape index (κ1) is 14.0. The van der Waals surface area contributed by atoms with Crippen molar-refractivity contribution in [3.05, 3.63) is 35.6 Å². The van der Waals surface area contributed by atoms with Crippen molar-refractivity contribution in [1.29, 1.82) is 0 Å². The maximum absolute atomic E-state index is 13.1. The molecule has 4 heteroatoms. The molecular formula is C15H21FN2O. The number of carbonyl (C=O) groups is 1. The molecule has 0 aromatic heterocycles. The second-order valence-corrected chi connectivity index (χ2v) is 5.96. The van der Waals surface area contributed by atoms with E-state index < -0.39 is 0 Å². The topological polar surface area (TPSA) is 32.3 Å². The Hall–Kier alpha value is -1.42. The zero-order chi connectivity index (χ0) is 13.9. The maximum Gasteiger partial charge on any atom is 0.227 e. The van der Waals surface area contributed by atoms with Gasteiger partial charge in [-0.15, -0.1) is 0 Å². The molecule has 0 spiro atoms. The first-order valence-corrected chi connectivity index (χ1v) is 6.69. The van der Waals surface area contributed by atoms with Crippen LogP contribution in [0.1, 0.15) is 19.4 Å². The molecule has 1 aromatic carbocycles. The van der Waals surface area contributed by atoms with Crippen LogP contribution >= 0.6 is 0 Å². The first-order valence-electron chi connectivity index (χ1n) is 6.69. The predicted molar refractivity (Wildman–Crippen MR) is 73.3 cm³/mol. The number of carbonyl (C=O) groups excluding carboxylic acids is 1. The van der Waals surface area contributed by atoms with Gasteiger partial charge in [0, 0.05) is 26.2 Å². The lowest BCUT2D eigenvalue weighted by Crippen LogP contribution is -2.39. The molecule has 1 amide bonds. The summed E-state index contributed by atoms with van der Waals surface area (Å²) in [6.07, 6.45) is 0.272. The quantitative estimate of drug-likeness (QED) is 0.884. The number of nitrogens with one attached hydrogen (secondary N) is 1. The summed E-state index contributed by atoms with van der Waals surface area (Å²) in [4.78, 5) is 14.2. The van der Waals surface area contributed by atoms with Gasteiger partial charge in [0.1, 0.15) is 5.82 Å². The van der Waals surface area contributed by atoms with Crippen LogP contribution in [-0.4, -0.2) is 37.0 Å². The van der Waals surface area contributed by atoms with E-state index in [4.69, 9.17) is 0 Å². The highest BCUT2D eigenvalue weighted by Crippen LogP contribution is 2.18. The monoisotopic (exact) mass is 264 g/mol. The summed E-state index contributed by atoms with van der Waals surface area (Å²) in [5.41, 5.74) is 0.814. The Balaban J connectivity index is 2.02.